The number of hydrogen-bond acceptors (Lipinski definition) is 3. The molecular weight excluding hydrogens is 288 g/mol. The zero-order valence-electron chi connectivity index (χ0n) is 11.2. The van der Waals surface area contributed by atoms with Crippen LogP contribution in [0.2, 0.25) is 5.02 Å². The Kier molecular flexibility index (Phi) is 4.01. The first-order valence-electron chi connectivity index (χ1n) is 6.52. The summed E-state index contributed by atoms with van der Waals surface area (Å²) in [5.74, 6) is 0. The van der Waals surface area contributed by atoms with E-state index in [4.69, 9.17) is 11.6 Å². The highest BCUT2D eigenvalue weighted by molar-refractivity contribution is 7.11. The van der Waals surface area contributed by atoms with Crippen molar-refractivity contribution in [3.63, 3.8) is 0 Å². The van der Waals surface area contributed by atoms with Crippen molar-refractivity contribution in [1.82, 2.24) is 10.3 Å². The molecule has 20 heavy (non-hydrogen) atoms. The number of benzene rings is 1. The quantitative estimate of drug-likeness (QED) is 0.765. The summed E-state index contributed by atoms with van der Waals surface area (Å²) in [6.07, 6.45) is 1.81. The Bertz CT molecular complexity index is 736. The van der Waals surface area contributed by atoms with Gasteiger partial charge in [0.1, 0.15) is 0 Å². The fraction of sp³-hybridized carbons (Fsp3) is 0.188. The molecule has 1 aromatic carbocycles. The molecule has 0 fully saturated rings. The van der Waals surface area contributed by atoms with Crippen molar-refractivity contribution < 1.29 is 0 Å². The van der Waals surface area contributed by atoms with E-state index in [9.17, 15) is 0 Å². The molecule has 0 aliphatic heterocycles. The lowest BCUT2D eigenvalue weighted by molar-refractivity contribution is 0.703. The molecule has 0 spiro atoms. The van der Waals surface area contributed by atoms with Gasteiger partial charge < -0.3 is 5.32 Å². The zero-order valence-corrected chi connectivity index (χ0v) is 12.8. The molecule has 102 valence electrons. The molecule has 3 aromatic rings. The molecule has 2 nitrogen and oxygen atoms in total. The van der Waals surface area contributed by atoms with Crippen LogP contribution >= 0.6 is 22.9 Å². The number of fused-ring (bicyclic) bond motifs is 1. The maximum absolute atomic E-state index is 6.20. The predicted molar refractivity (Wildman–Crippen MR) is 86.4 cm³/mol. The molecule has 0 aliphatic carbocycles. The monoisotopic (exact) mass is 302 g/mol. The van der Waals surface area contributed by atoms with Crippen molar-refractivity contribution in [2.75, 3.05) is 0 Å². The predicted octanol–water partition coefficient (Wildman–Crippen LogP) is 4.55. The average molecular weight is 303 g/mol. The van der Waals surface area contributed by atoms with Gasteiger partial charge in [0.25, 0.3) is 0 Å². The second-order valence-electron chi connectivity index (χ2n) is 4.72. The van der Waals surface area contributed by atoms with Crippen LogP contribution in [0.25, 0.3) is 10.9 Å². The maximum Gasteiger partial charge on any atom is 0.0761 e. The van der Waals surface area contributed by atoms with E-state index in [1.807, 2.05) is 41.8 Å². The fourth-order valence-electron chi connectivity index (χ4n) is 2.24. The molecule has 0 saturated carbocycles. The highest BCUT2D eigenvalue weighted by Gasteiger charge is 2.05. The van der Waals surface area contributed by atoms with Crippen molar-refractivity contribution >= 4 is 33.8 Å². The second kappa shape index (κ2) is 5.92. The van der Waals surface area contributed by atoms with Crippen molar-refractivity contribution in [1.29, 1.82) is 0 Å². The fourth-order valence-corrected chi connectivity index (χ4v) is 3.31. The van der Waals surface area contributed by atoms with Crippen molar-refractivity contribution in [2.24, 2.45) is 0 Å². The molecule has 0 radical (unpaired) electrons. The number of halogens is 1. The van der Waals surface area contributed by atoms with Gasteiger partial charge in [-0.1, -0.05) is 17.7 Å². The summed E-state index contributed by atoms with van der Waals surface area (Å²) < 4.78 is 0. The number of nitrogens with one attached hydrogen (secondary N) is 1. The third kappa shape index (κ3) is 2.85. The highest BCUT2D eigenvalue weighted by Crippen LogP contribution is 2.24. The average Bonchev–Trinajstić information content (AvgIpc) is 2.87. The van der Waals surface area contributed by atoms with Gasteiger partial charge >= 0.3 is 0 Å². The van der Waals surface area contributed by atoms with E-state index < -0.39 is 0 Å². The van der Waals surface area contributed by atoms with E-state index in [2.05, 4.69) is 29.4 Å². The summed E-state index contributed by atoms with van der Waals surface area (Å²) in [5.41, 5.74) is 2.16. The maximum atomic E-state index is 6.20. The van der Waals surface area contributed by atoms with Crippen LogP contribution < -0.4 is 5.32 Å². The van der Waals surface area contributed by atoms with Crippen LogP contribution in [0.5, 0.6) is 0 Å². The smallest absolute Gasteiger partial charge is 0.0761 e. The standard InChI is InChI=1S/C16H15ClN2S/c1-11-4-6-13(20-11)10-18-9-12-5-7-15(17)14-3-2-8-19-16(12)14/h2-8,18H,9-10H2,1H3. The topological polar surface area (TPSA) is 24.9 Å². The van der Waals surface area contributed by atoms with E-state index in [-0.39, 0.29) is 0 Å². The molecule has 0 atom stereocenters. The second-order valence-corrected chi connectivity index (χ2v) is 6.50. The van der Waals surface area contributed by atoms with E-state index in [0.717, 1.165) is 29.0 Å². The minimum Gasteiger partial charge on any atom is -0.308 e. The van der Waals surface area contributed by atoms with Gasteiger partial charge in [-0.05, 0) is 42.8 Å². The minimum absolute atomic E-state index is 0.755. The number of rotatable bonds is 4. The van der Waals surface area contributed by atoms with Crippen LogP contribution in [-0.2, 0) is 13.1 Å². The van der Waals surface area contributed by atoms with Crippen LogP contribution in [-0.4, -0.2) is 4.98 Å². The van der Waals surface area contributed by atoms with E-state index in [1.54, 1.807) is 0 Å². The SMILES string of the molecule is Cc1ccc(CNCc2ccc(Cl)c3cccnc23)s1. The molecule has 0 saturated heterocycles. The van der Waals surface area contributed by atoms with Gasteiger partial charge in [0.05, 0.1) is 5.52 Å². The van der Waals surface area contributed by atoms with E-state index >= 15 is 0 Å². The third-order valence-corrected chi connectivity index (χ3v) is 4.54. The van der Waals surface area contributed by atoms with Crippen LogP contribution in [0.15, 0.2) is 42.6 Å². The number of aryl methyl sites for hydroxylation is 1. The molecule has 2 heterocycles. The Hall–Kier alpha value is -1.42. The van der Waals surface area contributed by atoms with E-state index in [1.165, 1.54) is 15.3 Å². The Morgan fingerprint density at radius 1 is 1.15 bits per heavy atom. The zero-order chi connectivity index (χ0) is 13.9. The molecular formula is C16H15ClN2S. The Morgan fingerprint density at radius 2 is 2.05 bits per heavy atom. The molecule has 1 N–H and O–H groups in total. The first kappa shape index (κ1) is 13.6. The van der Waals surface area contributed by atoms with Gasteiger partial charge in [-0.25, -0.2) is 0 Å². The molecule has 0 bridgehead atoms. The molecule has 4 heteroatoms. The highest BCUT2D eigenvalue weighted by atomic mass is 35.5. The van der Waals surface area contributed by atoms with Gasteiger partial charge in [0, 0.05) is 39.4 Å². The number of aromatic nitrogens is 1. The van der Waals surface area contributed by atoms with Crippen LogP contribution in [0, 0.1) is 6.92 Å². The van der Waals surface area contributed by atoms with Crippen LogP contribution in [0.4, 0.5) is 0 Å². The number of hydrogen-bond donors (Lipinski definition) is 1. The Balaban J connectivity index is 1.76. The molecule has 0 amide bonds. The summed E-state index contributed by atoms with van der Waals surface area (Å²) >= 11 is 8.03. The Morgan fingerprint density at radius 3 is 2.85 bits per heavy atom. The Labute approximate surface area is 127 Å². The van der Waals surface area contributed by atoms with Gasteiger partial charge in [-0.2, -0.15) is 0 Å². The van der Waals surface area contributed by atoms with Crippen LogP contribution in [0.3, 0.4) is 0 Å². The first-order valence-corrected chi connectivity index (χ1v) is 7.71. The van der Waals surface area contributed by atoms with Crippen molar-refractivity contribution in [3.8, 4) is 0 Å². The first-order chi connectivity index (χ1) is 9.74. The van der Waals surface area contributed by atoms with Gasteiger partial charge in [-0.3, -0.25) is 4.98 Å². The molecule has 0 aliphatic rings. The summed E-state index contributed by atoms with van der Waals surface area (Å²) in [4.78, 5) is 7.15. The molecule has 0 unspecified atom stereocenters. The summed E-state index contributed by atoms with van der Waals surface area (Å²) in [5, 5.41) is 5.24. The van der Waals surface area contributed by atoms with Gasteiger partial charge in [0.2, 0.25) is 0 Å². The largest absolute Gasteiger partial charge is 0.308 e. The summed E-state index contributed by atoms with van der Waals surface area (Å²) in [7, 11) is 0. The minimum atomic E-state index is 0.755. The lowest BCUT2D eigenvalue weighted by Gasteiger charge is -2.08. The molecule has 3 rings (SSSR count). The number of pyridine rings is 1. The molecule has 2 aromatic heterocycles. The third-order valence-electron chi connectivity index (χ3n) is 3.21. The van der Waals surface area contributed by atoms with Gasteiger partial charge in [0.15, 0.2) is 0 Å². The van der Waals surface area contributed by atoms with Crippen molar-refractivity contribution in [3.05, 3.63) is 62.9 Å². The van der Waals surface area contributed by atoms with E-state index in [0.29, 0.717) is 0 Å². The van der Waals surface area contributed by atoms with Crippen LogP contribution in [0.1, 0.15) is 15.3 Å². The summed E-state index contributed by atoms with van der Waals surface area (Å²) in [6, 6.07) is 12.2. The normalized spacial score (nSPS) is 11.1. The lowest BCUT2D eigenvalue weighted by atomic mass is 10.1. The number of nitrogens with zero attached hydrogens (tertiary/aromatic N) is 1. The summed E-state index contributed by atoms with van der Waals surface area (Å²) in [6.45, 7) is 3.81. The number of thiophene rings is 1. The van der Waals surface area contributed by atoms with Crippen molar-refractivity contribution in [2.45, 2.75) is 20.0 Å². The van der Waals surface area contributed by atoms with Gasteiger partial charge in [-0.15, -0.1) is 11.3 Å². The lowest BCUT2D eigenvalue weighted by Crippen LogP contribution is -2.12.